The van der Waals surface area contributed by atoms with Crippen LogP contribution in [-0.2, 0) is 12.8 Å². The van der Waals surface area contributed by atoms with Gasteiger partial charge in [0.2, 0.25) is 0 Å². The minimum atomic E-state index is 0.519. The first-order valence-corrected chi connectivity index (χ1v) is 8.73. The molecule has 1 N–H and O–H groups in total. The van der Waals surface area contributed by atoms with Gasteiger partial charge < -0.3 is 10.1 Å². The van der Waals surface area contributed by atoms with Gasteiger partial charge in [0.05, 0.1) is 7.11 Å². The standard InChI is InChI=1S/C21H27NO/c1-16(10-11-17-12-14-19(23-2)15-13-17)22-21-9-5-7-18-6-3-4-8-20(18)21/h3-4,6,8,12-16,21-22H,5,7,9-11H2,1-2H3/t16-,21-/m1/s1. The second-order valence-corrected chi connectivity index (χ2v) is 6.60. The first kappa shape index (κ1) is 16.1. The lowest BCUT2D eigenvalue weighted by Gasteiger charge is -2.29. The zero-order valence-electron chi connectivity index (χ0n) is 14.2. The second-order valence-electron chi connectivity index (χ2n) is 6.60. The van der Waals surface area contributed by atoms with Gasteiger partial charge >= 0.3 is 0 Å². The van der Waals surface area contributed by atoms with Crippen LogP contribution in [0.5, 0.6) is 5.75 Å². The molecule has 1 aliphatic rings. The van der Waals surface area contributed by atoms with Crippen molar-refractivity contribution >= 4 is 0 Å². The normalized spacial score (nSPS) is 18.3. The fourth-order valence-corrected chi connectivity index (χ4v) is 3.53. The minimum Gasteiger partial charge on any atom is -0.497 e. The molecule has 2 nitrogen and oxygen atoms in total. The Morgan fingerprint density at radius 3 is 2.70 bits per heavy atom. The molecule has 0 aromatic heterocycles. The molecule has 0 amide bonds. The molecule has 0 unspecified atom stereocenters. The molecule has 0 heterocycles. The molecule has 1 aliphatic carbocycles. The monoisotopic (exact) mass is 309 g/mol. The third-order valence-electron chi connectivity index (χ3n) is 4.88. The van der Waals surface area contributed by atoms with Crippen LogP contribution in [0.2, 0.25) is 0 Å². The van der Waals surface area contributed by atoms with Crippen molar-refractivity contribution in [3.63, 3.8) is 0 Å². The van der Waals surface area contributed by atoms with Crippen LogP contribution >= 0.6 is 0 Å². The summed E-state index contributed by atoms with van der Waals surface area (Å²) >= 11 is 0. The fourth-order valence-electron chi connectivity index (χ4n) is 3.53. The molecule has 3 rings (SSSR count). The topological polar surface area (TPSA) is 21.3 Å². The van der Waals surface area contributed by atoms with Gasteiger partial charge in [0.15, 0.2) is 0 Å². The van der Waals surface area contributed by atoms with Crippen molar-refractivity contribution in [2.45, 2.75) is 51.1 Å². The van der Waals surface area contributed by atoms with Crippen LogP contribution < -0.4 is 10.1 Å². The number of aryl methyl sites for hydroxylation is 2. The van der Waals surface area contributed by atoms with Gasteiger partial charge in [-0.1, -0.05) is 36.4 Å². The van der Waals surface area contributed by atoms with Crippen LogP contribution in [0.25, 0.3) is 0 Å². The summed E-state index contributed by atoms with van der Waals surface area (Å²) in [5, 5.41) is 3.84. The van der Waals surface area contributed by atoms with Crippen molar-refractivity contribution in [3.8, 4) is 5.75 Å². The molecule has 0 saturated heterocycles. The van der Waals surface area contributed by atoms with Crippen molar-refractivity contribution in [2.75, 3.05) is 7.11 Å². The van der Waals surface area contributed by atoms with Gasteiger partial charge in [-0.15, -0.1) is 0 Å². The van der Waals surface area contributed by atoms with Gasteiger partial charge in [-0.25, -0.2) is 0 Å². The van der Waals surface area contributed by atoms with Crippen LogP contribution in [0.3, 0.4) is 0 Å². The Bertz CT molecular complexity index is 620. The van der Waals surface area contributed by atoms with Crippen LogP contribution in [0.4, 0.5) is 0 Å². The summed E-state index contributed by atoms with van der Waals surface area (Å²) in [5.41, 5.74) is 4.41. The maximum atomic E-state index is 5.22. The molecule has 0 bridgehead atoms. The van der Waals surface area contributed by atoms with E-state index < -0.39 is 0 Å². The summed E-state index contributed by atoms with van der Waals surface area (Å²) in [6.45, 7) is 2.31. The third kappa shape index (κ3) is 4.14. The number of nitrogens with one attached hydrogen (secondary N) is 1. The highest BCUT2D eigenvalue weighted by Gasteiger charge is 2.20. The minimum absolute atomic E-state index is 0.519. The summed E-state index contributed by atoms with van der Waals surface area (Å²) in [6.07, 6.45) is 6.04. The number of rotatable bonds is 6. The summed E-state index contributed by atoms with van der Waals surface area (Å²) < 4.78 is 5.22. The third-order valence-corrected chi connectivity index (χ3v) is 4.88. The van der Waals surface area contributed by atoms with E-state index in [2.05, 4.69) is 48.6 Å². The van der Waals surface area contributed by atoms with Crippen molar-refractivity contribution in [1.82, 2.24) is 5.32 Å². The number of methoxy groups -OCH3 is 1. The highest BCUT2D eigenvalue weighted by Crippen LogP contribution is 2.30. The summed E-state index contributed by atoms with van der Waals surface area (Å²) in [7, 11) is 1.71. The maximum absolute atomic E-state index is 5.22. The summed E-state index contributed by atoms with van der Waals surface area (Å²) in [6, 6.07) is 18.4. The molecule has 23 heavy (non-hydrogen) atoms. The maximum Gasteiger partial charge on any atom is 0.118 e. The zero-order valence-corrected chi connectivity index (χ0v) is 14.2. The molecule has 0 radical (unpaired) electrons. The molecule has 2 heteroatoms. The number of fused-ring (bicyclic) bond motifs is 1. The summed E-state index contributed by atoms with van der Waals surface area (Å²) in [5.74, 6) is 0.929. The predicted molar refractivity (Wildman–Crippen MR) is 96.0 cm³/mol. The van der Waals surface area contributed by atoms with Gasteiger partial charge in [-0.2, -0.15) is 0 Å². The van der Waals surface area contributed by atoms with Crippen LogP contribution in [0, 0.1) is 0 Å². The SMILES string of the molecule is COc1ccc(CC[C@@H](C)N[C@@H]2CCCc3ccccc32)cc1. The Labute approximate surface area is 139 Å². The Morgan fingerprint density at radius 1 is 1.13 bits per heavy atom. The Hall–Kier alpha value is -1.80. The molecule has 0 spiro atoms. The smallest absolute Gasteiger partial charge is 0.118 e. The van der Waals surface area contributed by atoms with Crippen LogP contribution in [-0.4, -0.2) is 13.2 Å². The molecule has 122 valence electrons. The van der Waals surface area contributed by atoms with E-state index in [-0.39, 0.29) is 0 Å². The molecule has 0 saturated carbocycles. The molecule has 0 fully saturated rings. The Morgan fingerprint density at radius 2 is 1.91 bits per heavy atom. The molecule has 2 aromatic carbocycles. The zero-order chi connectivity index (χ0) is 16.1. The molecular weight excluding hydrogens is 282 g/mol. The number of benzene rings is 2. The predicted octanol–water partition coefficient (Wildman–Crippen LogP) is 4.68. The first-order chi connectivity index (χ1) is 11.3. The number of ether oxygens (including phenoxy) is 1. The van der Waals surface area contributed by atoms with E-state index in [0.717, 1.165) is 18.6 Å². The van der Waals surface area contributed by atoms with E-state index in [1.54, 1.807) is 7.11 Å². The van der Waals surface area contributed by atoms with Gasteiger partial charge in [-0.3, -0.25) is 0 Å². The highest BCUT2D eigenvalue weighted by molar-refractivity contribution is 5.32. The molecule has 2 aromatic rings. The second kappa shape index (κ2) is 7.65. The average Bonchev–Trinajstić information content (AvgIpc) is 2.61. The molecular formula is C21H27NO. The first-order valence-electron chi connectivity index (χ1n) is 8.73. The van der Waals surface area contributed by atoms with Crippen molar-refractivity contribution in [1.29, 1.82) is 0 Å². The molecule has 0 aliphatic heterocycles. The molecule has 2 atom stereocenters. The van der Waals surface area contributed by atoms with Crippen LogP contribution in [0.1, 0.15) is 48.9 Å². The Kier molecular flexibility index (Phi) is 5.35. The van der Waals surface area contributed by atoms with E-state index in [9.17, 15) is 0 Å². The van der Waals surface area contributed by atoms with Crippen molar-refractivity contribution < 1.29 is 4.74 Å². The van der Waals surface area contributed by atoms with Crippen molar-refractivity contribution in [2.24, 2.45) is 0 Å². The van der Waals surface area contributed by atoms with E-state index >= 15 is 0 Å². The highest BCUT2D eigenvalue weighted by atomic mass is 16.5. The quantitative estimate of drug-likeness (QED) is 0.836. The average molecular weight is 309 g/mol. The Balaban J connectivity index is 1.54. The van der Waals surface area contributed by atoms with Gasteiger partial charge in [0.1, 0.15) is 5.75 Å². The van der Waals surface area contributed by atoms with E-state index in [0.29, 0.717) is 12.1 Å². The van der Waals surface area contributed by atoms with Gasteiger partial charge in [-0.05, 0) is 67.9 Å². The lowest BCUT2D eigenvalue weighted by atomic mass is 9.87. The van der Waals surface area contributed by atoms with Crippen molar-refractivity contribution in [3.05, 3.63) is 65.2 Å². The lowest BCUT2D eigenvalue weighted by Crippen LogP contribution is -2.33. The van der Waals surface area contributed by atoms with Gasteiger partial charge in [0.25, 0.3) is 0 Å². The van der Waals surface area contributed by atoms with Crippen LogP contribution in [0.15, 0.2) is 48.5 Å². The number of hydrogen-bond acceptors (Lipinski definition) is 2. The van der Waals surface area contributed by atoms with E-state index in [1.165, 1.54) is 36.0 Å². The van der Waals surface area contributed by atoms with Gasteiger partial charge in [0, 0.05) is 12.1 Å². The summed E-state index contributed by atoms with van der Waals surface area (Å²) in [4.78, 5) is 0. The fraction of sp³-hybridized carbons (Fsp3) is 0.429. The largest absolute Gasteiger partial charge is 0.497 e. The van der Waals surface area contributed by atoms with E-state index in [1.807, 2.05) is 12.1 Å². The lowest BCUT2D eigenvalue weighted by molar-refractivity contribution is 0.395. The van der Waals surface area contributed by atoms with E-state index in [4.69, 9.17) is 4.74 Å². The number of hydrogen-bond donors (Lipinski definition) is 1.